The fraction of sp³-hybridized carbons (Fsp3) is 0.176. The Morgan fingerprint density at radius 1 is 1.19 bits per heavy atom. The average molecular weight is 280 g/mol. The maximum atomic E-state index is 13.0. The largest absolute Gasteiger partial charge is 0.331 e. The maximum absolute atomic E-state index is 13.0. The zero-order valence-corrected chi connectivity index (χ0v) is 11.3. The Labute approximate surface area is 122 Å². The molecule has 21 heavy (non-hydrogen) atoms. The molecule has 3 rings (SSSR count). The van der Waals surface area contributed by atoms with Crippen LogP contribution in [0.25, 0.3) is 0 Å². The quantitative estimate of drug-likeness (QED) is 0.847. The molecule has 0 unspecified atom stereocenters. The van der Waals surface area contributed by atoms with Gasteiger partial charge >= 0.3 is 0 Å². The van der Waals surface area contributed by atoms with Gasteiger partial charge in [-0.25, -0.2) is 4.39 Å². The minimum atomic E-state index is -0.286. The van der Waals surface area contributed by atoms with E-state index in [1.165, 1.54) is 12.1 Å². The average Bonchev–Trinajstić information content (AvgIpc) is 2.48. The molecule has 1 aliphatic rings. The molecular weight excluding hydrogens is 267 g/mol. The summed E-state index contributed by atoms with van der Waals surface area (Å²) in [5.41, 5.74) is 1.73. The Morgan fingerprint density at radius 2 is 1.90 bits per heavy atom. The first-order valence-electron chi connectivity index (χ1n) is 6.76. The molecule has 1 atom stereocenters. The Bertz CT molecular complexity index is 718. The molecule has 2 aromatic carbocycles. The van der Waals surface area contributed by atoms with Crippen molar-refractivity contribution in [1.82, 2.24) is 4.90 Å². The Morgan fingerprint density at radius 3 is 2.52 bits per heavy atom. The number of carbonyl (C=O) groups is 1. The van der Waals surface area contributed by atoms with Crippen molar-refractivity contribution in [1.29, 1.82) is 5.26 Å². The predicted octanol–water partition coefficient (Wildman–Crippen LogP) is 3.28. The van der Waals surface area contributed by atoms with Crippen LogP contribution in [0, 0.1) is 17.1 Å². The molecular formula is C17H13FN2O. The number of rotatable bonds is 2. The van der Waals surface area contributed by atoms with Crippen LogP contribution in [0.3, 0.4) is 0 Å². The fourth-order valence-electron chi connectivity index (χ4n) is 2.58. The van der Waals surface area contributed by atoms with Gasteiger partial charge in [-0.05, 0) is 36.2 Å². The number of hydrogen-bond acceptors (Lipinski definition) is 2. The molecule has 0 aliphatic carbocycles. The van der Waals surface area contributed by atoms with Gasteiger partial charge in [0.2, 0.25) is 0 Å². The second-order valence-electron chi connectivity index (χ2n) is 5.01. The summed E-state index contributed by atoms with van der Waals surface area (Å²) in [7, 11) is 0. The lowest BCUT2D eigenvalue weighted by Crippen LogP contribution is -2.45. The highest BCUT2D eigenvalue weighted by Gasteiger charge is 2.34. The lowest BCUT2D eigenvalue weighted by molar-refractivity contribution is 0.0460. The summed E-state index contributed by atoms with van der Waals surface area (Å²) >= 11 is 0. The van der Waals surface area contributed by atoms with Crippen molar-refractivity contribution < 1.29 is 9.18 Å². The molecule has 1 saturated heterocycles. The SMILES string of the molecule is N#Cc1ccccc1C(=O)N1CC[C@@H]1c1ccc(F)cc1. The summed E-state index contributed by atoms with van der Waals surface area (Å²) in [6.07, 6.45) is 0.853. The molecule has 1 amide bonds. The van der Waals surface area contributed by atoms with Crippen molar-refractivity contribution in [3.63, 3.8) is 0 Å². The van der Waals surface area contributed by atoms with E-state index in [0.29, 0.717) is 17.7 Å². The van der Waals surface area contributed by atoms with Gasteiger partial charge in [0.05, 0.1) is 23.2 Å². The number of halogens is 1. The lowest BCUT2D eigenvalue weighted by atomic mass is 9.93. The molecule has 3 nitrogen and oxygen atoms in total. The summed E-state index contributed by atoms with van der Waals surface area (Å²) in [5.74, 6) is -0.432. The van der Waals surface area contributed by atoms with Crippen molar-refractivity contribution in [2.24, 2.45) is 0 Å². The molecule has 0 N–H and O–H groups in total. The van der Waals surface area contributed by atoms with E-state index in [0.717, 1.165) is 12.0 Å². The molecule has 0 aromatic heterocycles. The molecule has 0 saturated carbocycles. The molecule has 1 aliphatic heterocycles. The van der Waals surface area contributed by atoms with Gasteiger partial charge in [0.1, 0.15) is 5.82 Å². The van der Waals surface area contributed by atoms with E-state index in [1.54, 1.807) is 41.3 Å². The smallest absolute Gasteiger partial charge is 0.255 e. The minimum absolute atomic E-state index is 0.0372. The van der Waals surface area contributed by atoms with E-state index in [2.05, 4.69) is 0 Å². The molecule has 1 fully saturated rings. The van der Waals surface area contributed by atoms with E-state index in [9.17, 15) is 9.18 Å². The van der Waals surface area contributed by atoms with Crippen LogP contribution >= 0.6 is 0 Å². The van der Waals surface area contributed by atoms with Crippen molar-refractivity contribution in [3.05, 3.63) is 71.0 Å². The summed E-state index contributed by atoms with van der Waals surface area (Å²) in [4.78, 5) is 14.3. The molecule has 0 radical (unpaired) electrons. The standard InChI is InChI=1S/C17H13FN2O/c18-14-7-5-12(6-8-14)16-9-10-20(16)17(21)15-4-2-1-3-13(15)11-19/h1-8,16H,9-10H2/t16-/m1/s1. The summed E-state index contributed by atoms with van der Waals surface area (Å²) in [6.45, 7) is 0.653. The van der Waals surface area contributed by atoms with Crippen molar-refractivity contribution in [3.8, 4) is 6.07 Å². The van der Waals surface area contributed by atoms with Gasteiger partial charge < -0.3 is 4.90 Å². The number of nitrogens with zero attached hydrogens (tertiary/aromatic N) is 2. The lowest BCUT2D eigenvalue weighted by Gasteiger charge is -2.41. The van der Waals surface area contributed by atoms with Gasteiger partial charge in [0.25, 0.3) is 5.91 Å². The minimum Gasteiger partial charge on any atom is -0.331 e. The Kier molecular flexibility index (Phi) is 3.41. The zero-order valence-electron chi connectivity index (χ0n) is 11.3. The summed E-state index contributed by atoms with van der Waals surface area (Å²) < 4.78 is 13.0. The van der Waals surface area contributed by atoms with Gasteiger partial charge in [0.15, 0.2) is 0 Å². The van der Waals surface area contributed by atoms with Crippen LogP contribution in [0.5, 0.6) is 0 Å². The van der Waals surface area contributed by atoms with Gasteiger partial charge in [-0.1, -0.05) is 24.3 Å². The molecule has 0 spiro atoms. The Hall–Kier alpha value is -2.67. The van der Waals surface area contributed by atoms with Crippen molar-refractivity contribution in [2.75, 3.05) is 6.54 Å². The Balaban J connectivity index is 1.86. The van der Waals surface area contributed by atoms with E-state index >= 15 is 0 Å². The third-order valence-corrected chi connectivity index (χ3v) is 3.81. The number of likely N-dealkylation sites (tertiary alicyclic amines) is 1. The third-order valence-electron chi connectivity index (χ3n) is 3.81. The fourth-order valence-corrected chi connectivity index (χ4v) is 2.58. The number of carbonyl (C=O) groups excluding carboxylic acids is 1. The normalized spacial score (nSPS) is 17.0. The van der Waals surface area contributed by atoms with Crippen LogP contribution in [0.2, 0.25) is 0 Å². The van der Waals surface area contributed by atoms with Crippen molar-refractivity contribution in [2.45, 2.75) is 12.5 Å². The number of nitriles is 1. The number of amides is 1. The van der Waals surface area contributed by atoms with Gasteiger partial charge in [-0.3, -0.25) is 4.79 Å². The third kappa shape index (κ3) is 2.38. The van der Waals surface area contributed by atoms with Crippen LogP contribution in [0.4, 0.5) is 4.39 Å². The van der Waals surface area contributed by atoms with E-state index in [4.69, 9.17) is 5.26 Å². The number of benzene rings is 2. The van der Waals surface area contributed by atoms with Crippen LogP contribution in [0.15, 0.2) is 48.5 Å². The van der Waals surface area contributed by atoms with Gasteiger partial charge in [-0.2, -0.15) is 5.26 Å². The van der Waals surface area contributed by atoms with Crippen LogP contribution in [-0.2, 0) is 0 Å². The zero-order chi connectivity index (χ0) is 14.8. The van der Waals surface area contributed by atoms with E-state index < -0.39 is 0 Å². The summed E-state index contributed by atoms with van der Waals surface area (Å²) in [6, 6.07) is 15.0. The highest BCUT2D eigenvalue weighted by molar-refractivity contribution is 5.97. The molecule has 1 heterocycles. The topological polar surface area (TPSA) is 44.1 Å². The predicted molar refractivity (Wildman–Crippen MR) is 76.0 cm³/mol. The second-order valence-corrected chi connectivity index (χ2v) is 5.01. The number of hydrogen-bond donors (Lipinski definition) is 0. The molecule has 104 valence electrons. The van der Waals surface area contributed by atoms with E-state index in [-0.39, 0.29) is 17.8 Å². The van der Waals surface area contributed by atoms with Crippen LogP contribution in [0.1, 0.15) is 33.9 Å². The molecule has 0 bridgehead atoms. The first kappa shape index (κ1) is 13.3. The maximum Gasteiger partial charge on any atom is 0.255 e. The van der Waals surface area contributed by atoms with Crippen LogP contribution < -0.4 is 0 Å². The summed E-state index contributed by atoms with van der Waals surface area (Å²) in [5, 5.41) is 9.09. The van der Waals surface area contributed by atoms with Gasteiger partial charge in [0, 0.05) is 6.54 Å². The highest BCUT2D eigenvalue weighted by Crippen LogP contribution is 2.34. The highest BCUT2D eigenvalue weighted by atomic mass is 19.1. The van der Waals surface area contributed by atoms with Crippen LogP contribution in [-0.4, -0.2) is 17.4 Å². The monoisotopic (exact) mass is 280 g/mol. The van der Waals surface area contributed by atoms with Gasteiger partial charge in [-0.15, -0.1) is 0 Å². The molecule has 2 aromatic rings. The van der Waals surface area contributed by atoms with E-state index in [1.807, 2.05) is 6.07 Å². The first-order valence-corrected chi connectivity index (χ1v) is 6.76. The first-order chi connectivity index (χ1) is 10.2. The van der Waals surface area contributed by atoms with Crippen molar-refractivity contribution >= 4 is 5.91 Å². The second kappa shape index (κ2) is 5.37. The molecule has 4 heteroatoms.